The molecule has 2 N–H and O–H groups in total. The van der Waals surface area contributed by atoms with E-state index in [9.17, 15) is 5.21 Å². The highest BCUT2D eigenvalue weighted by Gasteiger charge is 2.11. The number of aryl methyl sites for hydroxylation is 2. The molecule has 25 heavy (non-hydrogen) atoms. The number of carbonyl (C=O) groups is 1. The van der Waals surface area contributed by atoms with Crippen molar-refractivity contribution in [1.29, 1.82) is 5.26 Å². The molecule has 0 fully saturated rings. The lowest BCUT2D eigenvalue weighted by Gasteiger charge is -1.99. The minimum absolute atomic E-state index is 0.472. The molecular weight excluding hydrogens is 312 g/mol. The Morgan fingerprint density at radius 3 is 1.88 bits per heavy atom. The topological polar surface area (TPSA) is 80.5 Å². The van der Waals surface area contributed by atoms with Crippen LogP contribution in [0.2, 0.25) is 0 Å². The fourth-order valence-corrected chi connectivity index (χ4v) is 2.26. The lowest BCUT2D eigenvalue weighted by Crippen LogP contribution is -2.76. The number of allylic oxidation sites excluding steroid dienone is 2. The first-order chi connectivity index (χ1) is 12.2. The predicted molar refractivity (Wildman–Crippen MR) is 104 cm³/mol. The van der Waals surface area contributed by atoms with Crippen LogP contribution in [0.15, 0.2) is 74.4 Å². The second-order valence-corrected chi connectivity index (χ2v) is 4.83. The van der Waals surface area contributed by atoms with E-state index in [-0.39, 0.29) is 0 Å². The molecule has 0 aromatic heterocycles. The van der Waals surface area contributed by atoms with Crippen molar-refractivity contribution >= 4 is 17.1 Å². The van der Waals surface area contributed by atoms with Crippen molar-refractivity contribution < 1.29 is 10.3 Å². The standard InChI is InChI=1S/C12H10.C3H7NO.C3H3N.C3H4O/c1-3-9-4-2-6-11-8-7-10(5-1)12(9)11;1-2-3-4-5;2*1-2-3-4/h1-6H,7-8H2;2H,1,3-4H2;2H,1H2;2-3H,1H2. The van der Waals surface area contributed by atoms with E-state index in [0.717, 1.165) is 5.48 Å². The molecule has 130 valence electrons. The molecule has 0 saturated carbocycles. The van der Waals surface area contributed by atoms with Crippen molar-refractivity contribution in [2.24, 2.45) is 0 Å². The molecule has 0 saturated heterocycles. The Kier molecular flexibility index (Phi) is 12.8. The number of nitrogens with zero attached hydrogens (tertiary/aromatic N) is 1. The predicted octanol–water partition coefficient (Wildman–Crippen LogP) is 3.24. The smallest absolute Gasteiger partial charge is 0.142 e. The Bertz CT molecular complexity index is 685. The maximum atomic E-state index is 9.33. The molecule has 4 heteroatoms. The SMILES string of the molecule is C=CC#N.C=CC=O.C=CC[NH2+][O-].c1cc2c3c(cccc3c1)CC2. The zero-order chi connectivity index (χ0) is 18.9. The zero-order valence-electron chi connectivity index (χ0n) is 14.4. The van der Waals surface area contributed by atoms with Gasteiger partial charge in [0, 0.05) is 6.08 Å². The molecule has 4 nitrogen and oxygen atoms in total. The van der Waals surface area contributed by atoms with E-state index in [1.165, 1.54) is 46.9 Å². The molecule has 2 aromatic carbocycles. The van der Waals surface area contributed by atoms with Gasteiger partial charge < -0.3 is 10.7 Å². The highest BCUT2D eigenvalue weighted by molar-refractivity contribution is 5.90. The quantitative estimate of drug-likeness (QED) is 0.307. The van der Waals surface area contributed by atoms with Crippen LogP contribution in [0.4, 0.5) is 0 Å². The number of quaternary nitrogens is 1. The molecule has 0 atom stereocenters. The fourth-order valence-electron chi connectivity index (χ4n) is 2.26. The molecule has 0 heterocycles. The molecule has 0 spiro atoms. The monoisotopic (exact) mass is 336 g/mol. The van der Waals surface area contributed by atoms with Crippen molar-refractivity contribution in [1.82, 2.24) is 0 Å². The molecule has 3 rings (SSSR count). The van der Waals surface area contributed by atoms with E-state index in [4.69, 9.17) is 10.1 Å². The van der Waals surface area contributed by atoms with Gasteiger partial charge in [0.05, 0.1) is 12.6 Å². The van der Waals surface area contributed by atoms with Crippen LogP contribution in [-0.2, 0) is 17.6 Å². The molecule has 1 aliphatic rings. The summed E-state index contributed by atoms with van der Waals surface area (Å²) in [7, 11) is 0. The normalized spacial score (nSPS) is 9.60. The summed E-state index contributed by atoms with van der Waals surface area (Å²) in [5.74, 6) is 0. The maximum absolute atomic E-state index is 9.33. The van der Waals surface area contributed by atoms with E-state index >= 15 is 0 Å². The second-order valence-electron chi connectivity index (χ2n) is 4.83. The first-order valence-corrected chi connectivity index (χ1v) is 7.80. The summed E-state index contributed by atoms with van der Waals surface area (Å²) in [6, 6.07) is 14.9. The van der Waals surface area contributed by atoms with Crippen molar-refractivity contribution in [3.8, 4) is 6.07 Å². The number of rotatable bonds is 3. The van der Waals surface area contributed by atoms with Crippen LogP contribution in [0.1, 0.15) is 11.1 Å². The van der Waals surface area contributed by atoms with Gasteiger partial charge >= 0.3 is 0 Å². The van der Waals surface area contributed by atoms with E-state index in [0.29, 0.717) is 12.8 Å². The van der Waals surface area contributed by atoms with Crippen LogP contribution in [0.5, 0.6) is 0 Å². The lowest BCUT2D eigenvalue weighted by molar-refractivity contribution is -0.578. The highest BCUT2D eigenvalue weighted by atomic mass is 16.5. The van der Waals surface area contributed by atoms with E-state index in [2.05, 4.69) is 56.1 Å². The fraction of sp³-hybridized carbons (Fsp3) is 0.143. The van der Waals surface area contributed by atoms with Crippen molar-refractivity contribution in [3.05, 3.63) is 90.7 Å². The molecule has 0 amide bonds. The average Bonchev–Trinajstić information content (AvgIpc) is 3.09. The molecule has 0 radical (unpaired) electrons. The third-order valence-electron chi connectivity index (χ3n) is 3.19. The number of carbonyl (C=O) groups excluding carboxylic acids is 1. The maximum Gasteiger partial charge on any atom is 0.142 e. The third-order valence-corrected chi connectivity index (χ3v) is 3.19. The first-order valence-electron chi connectivity index (χ1n) is 7.80. The van der Waals surface area contributed by atoms with Crippen LogP contribution in [-0.4, -0.2) is 12.8 Å². The summed E-state index contributed by atoms with van der Waals surface area (Å²) >= 11 is 0. The molecule has 1 aliphatic carbocycles. The minimum atomic E-state index is 0.472. The number of hydrogen-bond donors (Lipinski definition) is 1. The van der Waals surface area contributed by atoms with Gasteiger partial charge in [-0.3, -0.25) is 4.79 Å². The van der Waals surface area contributed by atoms with Crippen molar-refractivity contribution in [2.45, 2.75) is 12.8 Å². The Morgan fingerprint density at radius 1 is 1.12 bits per heavy atom. The molecule has 0 bridgehead atoms. The van der Waals surface area contributed by atoms with Crippen molar-refractivity contribution in [2.75, 3.05) is 6.54 Å². The average molecular weight is 336 g/mol. The van der Waals surface area contributed by atoms with Gasteiger partial charge in [-0.05, 0) is 46.9 Å². The van der Waals surface area contributed by atoms with Gasteiger partial charge in [-0.1, -0.05) is 56.1 Å². The Hall–Kier alpha value is -3.00. The number of hydrogen-bond acceptors (Lipinski definition) is 3. The van der Waals surface area contributed by atoms with Crippen LogP contribution in [0.25, 0.3) is 10.8 Å². The Balaban J connectivity index is 0.000000375. The highest BCUT2D eigenvalue weighted by Crippen LogP contribution is 2.29. The van der Waals surface area contributed by atoms with E-state index < -0.39 is 0 Å². The third kappa shape index (κ3) is 8.42. The Morgan fingerprint density at radius 2 is 1.60 bits per heavy atom. The zero-order valence-corrected chi connectivity index (χ0v) is 14.4. The molecule has 0 aliphatic heterocycles. The summed E-state index contributed by atoms with van der Waals surface area (Å²) in [5.41, 5.74) is 3.87. The van der Waals surface area contributed by atoms with Gasteiger partial charge in [0.2, 0.25) is 0 Å². The molecular formula is C21H24N2O2. The van der Waals surface area contributed by atoms with Gasteiger partial charge in [-0.15, -0.1) is 0 Å². The molecule has 0 unspecified atom stereocenters. The van der Waals surface area contributed by atoms with Crippen LogP contribution < -0.4 is 5.48 Å². The second kappa shape index (κ2) is 14.6. The van der Waals surface area contributed by atoms with Gasteiger partial charge in [0.25, 0.3) is 0 Å². The molecule has 2 aromatic rings. The van der Waals surface area contributed by atoms with Crippen LogP contribution >= 0.6 is 0 Å². The summed E-state index contributed by atoms with van der Waals surface area (Å²) in [4.78, 5) is 9.06. The number of nitrogens with two attached hydrogens (primary N) is 1. The summed E-state index contributed by atoms with van der Waals surface area (Å²) in [5, 5.41) is 19.8. The number of hydroxylamine groups is 1. The summed E-state index contributed by atoms with van der Waals surface area (Å²) < 4.78 is 0. The van der Waals surface area contributed by atoms with Gasteiger partial charge in [0.1, 0.15) is 6.29 Å². The Labute approximate surface area is 149 Å². The van der Waals surface area contributed by atoms with Gasteiger partial charge in [0.15, 0.2) is 0 Å². The summed E-state index contributed by atoms with van der Waals surface area (Å²) in [6.07, 6.45) is 7.04. The minimum Gasteiger partial charge on any atom is -0.636 e. The number of aldehydes is 1. The van der Waals surface area contributed by atoms with Crippen LogP contribution in [0.3, 0.4) is 0 Å². The summed E-state index contributed by atoms with van der Waals surface area (Å²) in [6.45, 7) is 10.0. The van der Waals surface area contributed by atoms with Gasteiger partial charge in [-0.2, -0.15) is 5.26 Å². The van der Waals surface area contributed by atoms with Crippen LogP contribution in [0, 0.1) is 16.5 Å². The van der Waals surface area contributed by atoms with Crippen molar-refractivity contribution in [3.63, 3.8) is 0 Å². The lowest BCUT2D eigenvalue weighted by atomic mass is 10.1. The largest absolute Gasteiger partial charge is 0.636 e. The number of nitriles is 1. The number of benzene rings is 2. The van der Waals surface area contributed by atoms with E-state index in [1.807, 2.05) is 0 Å². The first kappa shape index (κ1) is 22.0. The van der Waals surface area contributed by atoms with E-state index in [1.54, 1.807) is 12.1 Å². The van der Waals surface area contributed by atoms with Gasteiger partial charge in [-0.25, -0.2) is 0 Å².